The van der Waals surface area contributed by atoms with Gasteiger partial charge in [-0.25, -0.2) is 0 Å². The van der Waals surface area contributed by atoms with Gasteiger partial charge in [-0.2, -0.15) is 0 Å². The third-order valence-electron chi connectivity index (χ3n) is 4.24. The molecule has 0 aromatic carbocycles. The minimum atomic E-state index is 0.695. The number of pyridine rings is 1. The molecular formula is C16H26N2. The summed E-state index contributed by atoms with van der Waals surface area (Å²) in [5.74, 6) is 2.33. The van der Waals surface area contributed by atoms with Gasteiger partial charge in [0.25, 0.3) is 0 Å². The second-order valence-corrected chi connectivity index (χ2v) is 5.89. The first kappa shape index (κ1) is 13.5. The summed E-state index contributed by atoms with van der Waals surface area (Å²) in [6.07, 6.45) is 8.09. The first-order valence-corrected chi connectivity index (χ1v) is 7.33. The first-order chi connectivity index (χ1) is 8.70. The molecule has 100 valence electrons. The molecule has 1 N–H and O–H groups in total. The number of hydrogen-bond acceptors (Lipinski definition) is 2. The van der Waals surface area contributed by atoms with Gasteiger partial charge < -0.3 is 5.32 Å². The zero-order valence-corrected chi connectivity index (χ0v) is 11.9. The normalized spacial score (nSPS) is 28.3. The van der Waals surface area contributed by atoms with Crippen molar-refractivity contribution in [2.45, 2.75) is 46.0 Å². The lowest BCUT2D eigenvalue weighted by molar-refractivity contribution is 0.242. The van der Waals surface area contributed by atoms with Gasteiger partial charge in [0.05, 0.1) is 0 Å². The average molecular weight is 246 g/mol. The van der Waals surface area contributed by atoms with Crippen LogP contribution in [-0.2, 0) is 0 Å². The lowest BCUT2D eigenvalue weighted by Crippen LogP contribution is -2.31. The summed E-state index contributed by atoms with van der Waals surface area (Å²) in [4.78, 5) is 4.38. The highest BCUT2D eigenvalue weighted by atomic mass is 14.8. The van der Waals surface area contributed by atoms with Crippen molar-refractivity contribution in [1.29, 1.82) is 0 Å². The molecule has 2 heteroatoms. The average Bonchev–Trinajstić information content (AvgIpc) is 2.37. The smallest absolute Gasteiger partial charge is 0.0303 e. The van der Waals surface area contributed by atoms with Crippen LogP contribution in [0.4, 0.5) is 0 Å². The number of rotatable bonds is 4. The van der Waals surface area contributed by atoms with Crippen LogP contribution in [0, 0.1) is 18.8 Å². The van der Waals surface area contributed by atoms with Gasteiger partial charge >= 0.3 is 0 Å². The fraction of sp³-hybridized carbons (Fsp3) is 0.688. The van der Waals surface area contributed by atoms with Crippen LogP contribution in [0.2, 0.25) is 0 Å². The van der Waals surface area contributed by atoms with Crippen molar-refractivity contribution in [3.8, 4) is 0 Å². The summed E-state index contributed by atoms with van der Waals surface area (Å²) < 4.78 is 0. The molecule has 0 saturated heterocycles. The lowest BCUT2D eigenvalue weighted by Gasteiger charge is -2.35. The highest BCUT2D eigenvalue weighted by molar-refractivity contribution is 5.22. The molecule has 0 bridgehead atoms. The van der Waals surface area contributed by atoms with E-state index in [4.69, 9.17) is 0 Å². The molecule has 1 aromatic rings. The second-order valence-electron chi connectivity index (χ2n) is 5.89. The molecule has 1 fully saturated rings. The first-order valence-electron chi connectivity index (χ1n) is 7.33. The van der Waals surface area contributed by atoms with E-state index >= 15 is 0 Å². The largest absolute Gasteiger partial charge is 0.317 e. The molecule has 1 heterocycles. The highest BCUT2D eigenvalue weighted by Crippen LogP contribution is 2.40. The maximum atomic E-state index is 4.38. The molecule has 1 aliphatic carbocycles. The van der Waals surface area contributed by atoms with E-state index in [-0.39, 0.29) is 0 Å². The molecule has 3 atom stereocenters. The molecule has 0 aliphatic heterocycles. The van der Waals surface area contributed by atoms with Crippen molar-refractivity contribution in [2.75, 3.05) is 13.1 Å². The van der Waals surface area contributed by atoms with Crippen LogP contribution in [0.15, 0.2) is 18.5 Å². The minimum Gasteiger partial charge on any atom is -0.317 e. The zero-order chi connectivity index (χ0) is 13.0. The van der Waals surface area contributed by atoms with E-state index in [1.54, 1.807) is 0 Å². The third-order valence-corrected chi connectivity index (χ3v) is 4.24. The third kappa shape index (κ3) is 3.32. The van der Waals surface area contributed by atoms with E-state index in [1.165, 1.54) is 30.4 Å². The SMILES string of the molecule is CCNCC1CCC(C)CC1c1cncc(C)c1. The topological polar surface area (TPSA) is 24.9 Å². The van der Waals surface area contributed by atoms with Crippen LogP contribution in [0.1, 0.15) is 50.2 Å². The van der Waals surface area contributed by atoms with Crippen molar-refractivity contribution in [3.63, 3.8) is 0 Å². The maximum absolute atomic E-state index is 4.38. The van der Waals surface area contributed by atoms with Crippen LogP contribution < -0.4 is 5.32 Å². The summed E-state index contributed by atoms with van der Waals surface area (Å²) in [7, 11) is 0. The predicted molar refractivity (Wildman–Crippen MR) is 76.8 cm³/mol. The lowest BCUT2D eigenvalue weighted by atomic mass is 9.72. The van der Waals surface area contributed by atoms with Crippen LogP contribution >= 0.6 is 0 Å². The summed E-state index contributed by atoms with van der Waals surface area (Å²) in [5, 5.41) is 3.53. The van der Waals surface area contributed by atoms with E-state index in [9.17, 15) is 0 Å². The van der Waals surface area contributed by atoms with E-state index in [0.29, 0.717) is 5.92 Å². The van der Waals surface area contributed by atoms with Gasteiger partial charge in [-0.05, 0) is 61.7 Å². The standard InChI is InChI=1S/C16H26N2/c1-4-17-10-14-6-5-12(2)8-16(14)15-7-13(3)9-18-11-15/h7,9,11-12,14,16-17H,4-6,8,10H2,1-3H3. The van der Waals surface area contributed by atoms with Gasteiger partial charge in [0, 0.05) is 12.4 Å². The second kappa shape index (κ2) is 6.33. The fourth-order valence-electron chi connectivity index (χ4n) is 3.21. The molecule has 0 radical (unpaired) electrons. The Morgan fingerprint density at radius 3 is 2.89 bits per heavy atom. The molecule has 1 aliphatic rings. The molecule has 1 aromatic heterocycles. The van der Waals surface area contributed by atoms with Gasteiger partial charge in [0.2, 0.25) is 0 Å². The minimum absolute atomic E-state index is 0.695. The van der Waals surface area contributed by atoms with E-state index < -0.39 is 0 Å². The Morgan fingerprint density at radius 1 is 1.33 bits per heavy atom. The Bertz CT molecular complexity index is 373. The Morgan fingerprint density at radius 2 is 2.17 bits per heavy atom. The summed E-state index contributed by atoms with van der Waals surface area (Å²) in [5.41, 5.74) is 2.73. The molecular weight excluding hydrogens is 220 g/mol. The van der Waals surface area contributed by atoms with E-state index in [0.717, 1.165) is 24.9 Å². The van der Waals surface area contributed by atoms with Gasteiger partial charge in [-0.1, -0.05) is 26.3 Å². The Hall–Kier alpha value is -0.890. The van der Waals surface area contributed by atoms with Crippen molar-refractivity contribution in [3.05, 3.63) is 29.6 Å². The van der Waals surface area contributed by atoms with E-state index in [1.807, 2.05) is 6.20 Å². The van der Waals surface area contributed by atoms with Crippen LogP contribution in [-0.4, -0.2) is 18.1 Å². The predicted octanol–water partition coefficient (Wildman–Crippen LogP) is 3.52. The number of hydrogen-bond donors (Lipinski definition) is 1. The summed E-state index contributed by atoms with van der Waals surface area (Å²) >= 11 is 0. The number of aryl methyl sites for hydroxylation is 1. The maximum Gasteiger partial charge on any atom is 0.0303 e. The molecule has 3 unspecified atom stereocenters. The number of nitrogens with one attached hydrogen (secondary N) is 1. The molecule has 18 heavy (non-hydrogen) atoms. The number of nitrogens with zero attached hydrogens (tertiary/aromatic N) is 1. The van der Waals surface area contributed by atoms with Crippen molar-refractivity contribution in [2.24, 2.45) is 11.8 Å². The van der Waals surface area contributed by atoms with Gasteiger partial charge in [0.15, 0.2) is 0 Å². The molecule has 0 amide bonds. The van der Waals surface area contributed by atoms with Crippen LogP contribution in [0.25, 0.3) is 0 Å². The van der Waals surface area contributed by atoms with Crippen molar-refractivity contribution >= 4 is 0 Å². The van der Waals surface area contributed by atoms with Crippen molar-refractivity contribution in [1.82, 2.24) is 10.3 Å². The van der Waals surface area contributed by atoms with Gasteiger partial charge in [0.1, 0.15) is 0 Å². The Kier molecular flexibility index (Phi) is 4.76. The Labute approximate surface area is 111 Å². The molecule has 0 spiro atoms. The van der Waals surface area contributed by atoms with Crippen molar-refractivity contribution < 1.29 is 0 Å². The fourth-order valence-corrected chi connectivity index (χ4v) is 3.21. The zero-order valence-electron chi connectivity index (χ0n) is 11.9. The quantitative estimate of drug-likeness (QED) is 0.879. The highest BCUT2D eigenvalue weighted by Gasteiger charge is 2.29. The van der Waals surface area contributed by atoms with E-state index in [2.05, 4.69) is 43.3 Å². The number of aromatic nitrogens is 1. The Balaban J connectivity index is 2.14. The van der Waals surface area contributed by atoms with Gasteiger partial charge in [-0.15, -0.1) is 0 Å². The molecule has 1 saturated carbocycles. The summed E-state index contributed by atoms with van der Waals surface area (Å²) in [6.45, 7) is 8.95. The molecule has 2 nitrogen and oxygen atoms in total. The summed E-state index contributed by atoms with van der Waals surface area (Å²) in [6, 6.07) is 2.33. The molecule has 2 rings (SSSR count). The van der Waals surface area contributed by atoms with Crippen LogP contribution in [0.3, 0.4) is 0 Å². The van der Waals surface area contributed by atoms with Crippen LogP contribution in [0.5, 0.6) is 0 Å². The van der Waals surface area contributed by atoms with Gasteiger partial charge in [-0.3, -0.25) is 4.98 Å². The monoisotopic (exact) mass is 246 g/mol.